The summed E-state index contributed by atoms with van der Waals surface area (Å²) in [4.78, 5) is 36.7. The van der Waals surface area contributed by atoms with Crippen LogP contribution >= 0.6 is 11.6 Å². The summed E-state index contributed by atoms with van der Waals surface area (Å²) in [7, 11) is 0. The number of aromatic nitrogens is 2. The molecule has 0 aliphatic rings. The lowest BCUT2D eigenvalue weighted by Crippen LogP contribution is -2.52. The van der Waals surface area contributed by atoms with Gasteiger partial charge in [-0.3, -0.25) is 14.4 Å². The summed E-state index contributed by atoms with van der Waals surface area (Å²) < 4.78 is 39.4. The van der Waals surface area contributed by atoms with Gasteiger partial charge in [0.25, 0.3) is 17.7 Å². The highest BCUT2D eigenvalue weighted by molar-refractivity contribution is 6.34. The van der Waals surface area contributed by atoms with Crippen molar-refractivity contribution in [2.75, 3.05) is 16.4 Å². The van der Waals surface area contributed by atoms with E-state index in [1.807, 2.05) is 5.32 Å². The minimum Gasteiger partial charge on any atom is -0.383 e. The van der Waals surface area contributed by atoms with E-state index < -0.39 is 29.5 Å². The van der Waals surface area contributed by atoms with Crippen molar-refractivity contribution in [1.29, 1.82) is 0 Å². The molecule has 1 unspecified atom stereocenters. The normalized spacial score (nSPS) is 13.1. The van der Waals surface area contributed by atoms with Crippen LogP contribution in [0.25, 0.3) is 0 Å². The molecule has 1 aromatic heterocycles. The van der Waals surface area contributed by atoms with Crippen molar-refractivity contribution in [3.63, 3.8) is 0 Å². The summed E-state index contributed by atoms with van der Waals surface area (Å²) in [5.41, 5.74) is 2.44. The number of nitrogen functional groups attached to an aromatic ring is 1. The van der Waals surface area contributed by atoms with Gasteiger partial charge in [-0.15, -0.1) is 0 Å². The van der Waals surface area contributed by atoms with Crippen LogP contribution in [0.4, 0.5) is 30.4 Å². The summed E-state index contributed by atoms with van der Waals surface area (Å²) in [6, 6.07) is 10.8. The Morgan fingerprint density at radius 3 is 2.18 bits per heavy atom. The molecule has 3 rings (SSSR count). The first-order valence-electron chi connectivity index (χ1n) is 9.47. The molecule has 0 bridgehead atoms. The van der Waals surface area contributed by atoms with Gasteiger partial charge in [-0.1, -0.05) is 11.6 Å². The van der Waals surface area contributed by atoms with Crippen LogP contribution in [0.5, 0.6) is 0 Å². The molecular weight excluding hydrogens is 479 g/mol. The Kier molecular flexibility index (Phi) is 6.66. The number of nitrogens with one attached hydrogen (secondary N) is 2. The molecule has 1 atom stereocenters. The number of aliphatic hydroxyl groups is 1. The maximum absolute atomic E-state index is 12.8. The molecule has 0 saturated heterocycles. The van der Waals surface area contributed by atoms with Crippen LogP contribution in [0.2, 0.25) is 5.02 Å². The third-order valence-corrected chi connectivity index (χ3v) is 5.04. The second-order valence-electron chi connectivity index (χ2n) is 7.22. The van der Waals surface area contributed by atoms with Crippen LogP contribution < -0.4 is 16.4 Å². The van der Waals surface area contributed by atoms with Crippen molar-refractivity contribution < 1.29 is 32.7 Å². The van der Waals surface area contributed by atoms with Crippen molar-refractivity contribution in [3.8, 4) is 0 Å². The number of hydrogen-bond acceptors (Lipinski definition) is 6. The van der Waals surface area contributed by atoms with Gasteiger partial charge in [0.15, 0.2) is 0 Å². The molecule has 13 heteroatoms. The second kappa shape index (κ2) is 9.15. The quantitative estimate of drug-likeness (QED) is 0.428. The number of benzene rings is 2. The van der Waals surface area contributed by atoms with E-state index in [0.717, 1.165) is 16.8 Å². The second-order valence-corrected chi connectivity index (χ2v) is 7.63. The number of alkyl halides is 3. The first-order valence-corrected chi connectivity index (χ1v) is 9.85. The highest BCUT2D eigenvalue weighted by Gasteiger charge is 2.55. The third kappa shape index (κ3) is 5.02. The molecule has 9 nitrogen and oxygen atoms in total. The number of halogens is 4. The van der Waals surface area contributed by atoms with Crippen LogP contribution in [0.15, 0.2) is 54.7 Å². The fraction of sp³-hybridized carbons (Fsp3) is 0.143. The molecule has 0 radical (unpaired) electrons. The van der Waals surface area contributed by atoms with Gasteiger partial charge in [-0.25, -0.2) is 0 Å². The van der Waals surface area contributed by atoms with Crippen molar-refractivity contribution in [2.24, 2.45) is 0 Å². The number of anilines is 3. The molecule has 2 amide bonds. The van der Waals surface area contributed by atoms with Gasteiger partial charge in [-0.05, 0) is 49.4 Å². The van der Waals surface area contributed by atoms with E-state index >= 15 is 0 Å². The molecular formula is C21H17ClF3N5O4. The number of amides is 2. The van der Waals surface area contributed by atoms with Crippen LogP contribution in [0.1, 0.15) is 27.6 Å². The standard InChI is InChI=1S/C21H17ClF3N5O4/c1-20(34,21(23,24)25)19(33)29-15-7-4-12(10-14(15)22)17(31)28-13-5-2-11(3-6-13)18(32)30-16(26)8-9-27-30/h2-10,34H,26H2,1H3,(H,28,31)(H,29,33). The van der Waals surface area contributed by atoms with Crippen molar-refractivity contribution in [2.45, 2.75) is 18.7 Å². The summed E-state index contributed by atoms with van der Waals surface area (Å²) >= 11 is 5.99. The van der Waals surface area contributed by atoms with Crippen LogP contribution in [-0.4, -0.2) is 44.4 Å². The zero-order valence-corrected chi connectivity index (χ0v) is 18.1. The molecule has 0 aliphatic heterocycles. The SMILES string of the molecule is CC(O)(C(=O)Nc1ccc(C(=O)Nc2ccc(C(=O)n3nccc3N)cc2)cc1Cl)C(F)(F)F. The first-order chi connectivity index (χ1) is 15.8. The number of rotatable bonds is 5. The van der Waals surface area contributed by atoms with E-state index in [1.54, 1.807) is 0 Å². The lowest BCUT2D eigenvalue weighted by Gasteiger charge is -2.25. The fourth-order valence-electron chi connectivity index (χ4n) is 2.64. The maximum atomic E-state index is 12.8. The van der Waals surface area contributed by atoms with Crippen molar-refractivity contribution in [1.82, 2.24) is 9.78 Å². The van der Waals surface area contributed by atoms with Gasteiger partial charge in [0, 0.05) is 22.9 Å². The molecule has 0 saturated carbocycles. The predicted octanol–water partition coefficient (Wildman–Crippen LogP) is 3.31. The lowest BCUT2D eigenvalue weighted by atomic mass is 10.1. The Balaban J connectivity index is 1.69. The topological polar surface area (TPSA) is 139 Å². The first kappa shape index (κ1) is 24.7. The van der Waals surface area contributed by atoms with Gasteiger partial charge in [0.05, 0.1) is 16.9 Å². The minimum absolute atomic E-state index is 0.0371. The van der Waals surface area contributed by atoms with E-state index in [2.05, 4.69) is 10.4 Å². The van der Waals surface area contributed by atoms with Gasteiger partial charge in [0.2, 0.25) is 5.60 Å². The average Bonchev–Trinajstić information content (AvgIpc) is 3.20. The van der Waals surface area contributed by atoms with E-state index in [-0.39, 0.29) is 27.7 Å². The van der Waals surface area contributed by atoms with Gasteiger partial charge < -0.3 is 21.5 Å². The fourth-order valence-corrected chi connectivity index (χ4v) is 2.86. The van der Waals surface area contributed by atoms with E-state index in [9.17, 15) is 32.7 Å². The molecule has 3 aromatic rings. The Morgan fingerprint density at radius 1 is 1.03 bits per heavy atom. The Labute approximate surface area is 195 Å². The molecule has 0 spiro atoms. The van der Waals surface area contributed by atoms with Gasteiger partial charge in [-0.2, -0.15) is 23.0 Å². The number of hydrogen-bond donors (Lipinski definition) is 4. The number of nitrogens with two attached hydrogens (primary N) is 1. The highest BCUT2D eigenvalue weighted by atomic mass is 35.5. The van der Waals surface area contributed by atoms with Crippen LogP contribution in [-0.2, 0) is 4.79 Å². The monoisotopic (exact) mass is 495 g/mol. The molecule has 0 fully saturated rings. The Hall–Kier alpha value is -3.90. The van der Waals surface area contributed by atoms with E-state index in [4.69, 9.17) is 17.3 Å². The zero-order chi connectivity index (χ0) is 25.3. The molecule has 2 aromatic carbocycles. The summed E-state index contributed by atoms with van der Waals surface area (Å²) in [5, 5.41) is 17.5. The summed E-state index contributed by atoms with van der Waals surface area (Å²) in [6.07, 6.45) is -3.82. The molecule has 178 valence electrons. The Bertz CT molecular complexity index is 1260. The molecule has 5 N–H and O–H groups in total. The molecule has 1 heterocycles. The lowest BCUT2D eigenvalue weighted by molar-refractivity contribution is -0.242. The van der Waals surface area contributed by atoms with E-state index in [1.165, 1.54) is 42.6 Å². The number of nitrogens with zero attached hydrogens (tertiary/aromatic N) is 2. The number of carbonyl (C=O) groups excluding carboxylic acids is 3. The zero-order valence-electron chi connectivity index (χ0n) is 17.4. The highest BCUT2D eigenvalue weighted by Crippen LogP contribution is 2.32. The summed E-state index contributed by atoms with van der Waals surface area (Å²) in [5.74, 6) is -2.64. The smallest absolute Gasteiger partial charge is 0.383 e. The largest absolute Gasteiger partial charge is 0.426 e. The molecule has 0 aliphatic carbocycles. The van der Waals surface area contributed by atoms with E-state index in [0.29, 0.717) is 12.6 Å². The van der Waals surface area contributed by atoms with Gasteiger partial charge in [0.1, 0.15) is 5.82 Å². The van der Waals surface area contributed by atoms with Crippen LogP contribution in [0, 0.1) is 0 Å². The van der Waals surface area contributed by atoms with Crippen molar-refractivity contribution >= 4 is 46.5 Å². The number of carbonyl (C=O) groups is 3. The maximum Gasteiger partial charge on any atom is 0.426 e. The Morgan fingerprint density at radius 2 is 1.65 bits per heavy atom. The molecule has 34 heavy (non-hydrogen) atoms. The van der Waals surface area contributed by atoms with Crippen molar-refractivity contribution in [3.05, 3.63) is 70.9 Å². The third-order valence-electron chi connectivity index (χ3n) is 4.73. The van der Waals surface area contributed by atoms with Crippen LogP contribution in [0.3, 0.4) is 0 Å². The van der Waals surface area contributed by atoms with Gasteiger partial charge >= 0.3 is 6.18 Å². The minimum atomic E-state index is -5.20. The predicted molar refractivity (Wildman–Crippen MR) is 118 cm³/mol. The average molecular weight is 496 g/mol. The summed E-state index contributed by atoms with van der Waals surface area (Å²) in [6.45, 7) is 0.306.